The number of fused-ring (bicyclic) bond motifs is 1. The van der Waals surface area contributed by atoms with Gasteiger partial charge in [0.2, 0.25) is 0 Å². The van der Waals surface area contributed by atoms with Crippen molar-refractivity contribution in [2.45, 2.75) is 45.2 Å². The Morgan fingerprint density at radius 1 is 1.00 bits per heavy atom. The largest absolute Gasteiger partial charge is 0.466 e. The summed E-state index contributed by atoms with van der Waals surface area (Å²) >= 11 is 0. The Balaban J connectivity index is 2.71. The Labute approximate surface area is 153 Å². The van der Waals surface area contributed by atoms with E-state index in [1.807, 2.05) is 24.3 Å². The second-order valence-corrected chi connectivity index (χ2v) is 8.60. The van der Waals surface area contributed by atoms with E-state index in [1.165, 1.54) is 6.07 Å². The maximum Gasteiger partial charge on any atom is 0.378 e. The third-order valence-electron chi connectivity index (χ3n) is 3.72. The number of carbonyl (C=O) groups is 1. The summed E-state index contributed by atoms with van der Waals surface area (Å²) in [6, 6.07) is 12.3. The van der Waals surface area contributed by atoms with E-state index in [4.69, 9.17) is 13.8 Å². The zero-order valence-electron chi connectivity index (χ0n) is 15.6. The van der Waals surface area contributed by atoms with E-state index in [0.29, 0.717) is 0 Å². The molecule has 0 fully saturated rings. The van der Waals surface area contributed by atoms with Crippen molar-refractivity contribution >= 4 is 24.3 Å². The molecule has 0 aliphatic carbocycles. The van der Waals surface area contributed by atoms with E-state index in [1.54, 1.807) is 39.8 Å². The third-order valence-corrected chi connectivity index (χ3v) is 6.35. The van der Waals surface area contributed by atoms with Gasteiger partial charge >= 0.3 is 13.6 Å². The predicted molar refractivity (Wildman–Crippen MR) is 99.9 cm³/mol. The van der Waals surface area contributed by atoms with Gasteiger partial charge in [-0.25, -0.2) is 4.79 Å². The molecule has 0 saturated heterocycles. The first-order valence-electron chi connectivity index (χ1n) is 8.41. The summed E-state index contributed by atoms with van der Waals surface area (Å²) < 4.78 is 29.3. The van der Waals surface area contributed by atoms with Gasteiger partial charge in [-0.1, -0.05) is 36.4 Å². The fourth-order valence-electron chi connectivity index (χ4n) is 2.67. The normalized spacial score (nSPS) is 14.6. The Hall–Kier alpha value is -1.72. The second kappa shape index (κ2) is 7.89. The lowest BCUT2D eigenvalue weighted by atomic mass is 10.0. The van der Waals surface area contributed by atoms with Crippen molar-refractivity contribution < 1.29 is 28.3 Å². The highest BCUT2D eigenvalue weighted by Gasteiger charge is 2.59. The van der Waals surface area contributed by atoms with E-state index in [2.05, 4.69) is 0 Å². The molecule has 6 nitrogen and oxygen atoms in total. The number of hydrogen-bond acceptors (Lipinski definition) is 6. The maximum absolute atomic E-state index is 13.6. The summed E-state index contributed by atoms with van der Waals surface area (Å²) in [5, 5.41) is 10.4. The molecule has 0 bridgehead atoms. The number of esters is 1. The van der Waals surface area contributed by atoms with Crippen molar-refractivity contribution in [1.82, 2.24) is 0 Å². The Bertz CT molecular complexity index is 818. The average Bonchev–Trinajstić information content (AvgIpc) is 2.58. The van der Waals surface area contributed by atoms with E-state index in [0.717, 1.165) is 17.9 Å². The van der Waals surface area contributed by atoms with Crippen LogP contribution >= 0.6 is 7.60 Å². The van der Waals surface area contributed by atoms with Gasteiger partial charge in [0, 0.05) is 5.56 Å². The van der Waals surface area contributed by atoms with Crippen LogP contribution in [0.25, 0.3) is 10.8 Å². The van der Waals surface area contributed by atoms with Crippen molar-refractivity contribution in [3.63, 3.8) is 0 Å². The molecule has 0 saturated carbocycles. The van der Waals surface area contributed by atoms with Crippen LogP contribution in [0.1, 0.15) is 33.3 Å². The van der Waals surface area contributed by atoms with Gasteiger partial charge in [0.15, 0.2) is 0 Å². The fourth-order valence-corrected chi connectivity index (χ4v) is 4.90. The quantitative estimate of drug-likeness (QED) is 0.573. The molecule has 1 N–H and O–H groups in total. The molecule has 2 aromatic carbocycles. The Morgan fingerprint density at radius 2 is 1.54 bits per heavy atom. The molecule has 2 rings (SSSR count). The first kappa shape index (κ1) is 20.6. The van der Waals surface area contributed by atoms with Gasteiger partial charge in [-0.05, 0) is 44.5 Å². The average molecular weight is 380 g/mol. The van der Waals surface area contributed by atoms with E-state index < -0.39 is 31.1 Å². The summed E-state index contributed by atoms with van der Waals surface area (Å²) in [5.74, 6) is -1.10. The smallest absolute Gasteiger partial charge is 0.378 e. The molecular formula is C19H25O6P. The molecular weight excluding hydrogens is 355 g/mol. The van der Waals surface area contributed by atoms with Crippen molar-refractivity contribution in [3.05, 3.63) is 48.0 Å². The van der Waals surface area contributed by atoms with Crippen molar-refractivity contribution in [2.24, 2.45) is 0 Å². The van der Waals surface area contributed by atoms with Crippen LogP contribution in [0, 0.1) is 0 Å². The van der Waals surface area contributed by atoms with Crippen molar-refractivity contribution in [1.29, 1.82) is 0 Å². The summed E-state index contributed by atoms with van der Waals surface area (Å²) in [7, 11) is -3.23. The number of benzene rings is 2. The zero-order valence-corrected chi connectivity index (χ0v) is 16.5. The van der Waals surface area contributed by atoms with Crippen molar-refractivity contribution in [2.75, 3.05) is 7.11 Å². The molecule has 0 aliphatic rings. The second-order valence-electron chi connectivity index (χ2n) is 6.53. The number of rotatable bonds is 7. The maximum atomic E-state index is 13.6. The minimum absolute atomic E-state index is 0.0904. The predicted octanol–water partition coefficient (Wildman–Crippen LogP) is 4.20. The van der Waals surface area contributed by atoms with Crippen LogP contribution < -0.4 is 0 Å². The molecule has 7 heteroatoms. The van der Waals surface area contributed by atoms with Gasteiger partial charge in [0.25, 0.3) is 5.34 Å². The van der Waals surface area contributed by atoms with Crippen LogP contribution in [0.2, 0.25) is 0 Å². The van der Waals surface area contributed by atoms with Crippen LogP contribution in [-0.4, -0.2) is 30.4 Å². The summed E-state index contributed by atoms with van der Waals surface area (Å²) in [6.07, 6.45) is -1.09. The number of methoxy groups -OCH3 is 1. The Kier molecular flexibility index (Phi) is 6.25. The standard InChI is InChI=1S/C19H25O6P/c1-13(2)24-26(22,25-14(3)4)19(21,18(20)23-5)17-11-10-15-8-6-7-9-16(15)12-17/h6-14,21H,1-5H3. The Morgan fingerprint density at radius 3 is 2.04 bits per heavy atom. The molecule has 142 valence electrons. The highest BCUT2D eigenvalue weighted by Crippen LogP contribution is 2.65. The van der Waals surface area contributed by atoms with Crippen molar-refractivity contribution in [3.8, 4) is 0 Å². The lowest BCUT2D eigenvalue weighted by Crippen LogP contribution is -2.39. The van der Waals surface area contributed by atoms with Crippen LogP contribution in [0.3, 0.4) is 0 Å². The van der Waals surface area contributed by atoms with E-state index in [9.17, 15) is 14.5 Å². The molecule has 0 radical (unpaired) electrons. The lowest BCUT2D eigenvalue weighted by molar-refractivity contribution is -0.157. The van der Waals surface area contributed by atoms with Crippen LogP contribution in [0.15, 0.2) is 42.5 Å². The zero-order chi connectivity index (χ0) is 19.5. The van der Waals surface area contributed by atoms with Gasteiger partial charge in [0.05, 0.1) is 19.3 Å². The molecule has 0 amide bonds. The number of hydrogen-bond donors (Lipinski definition) is 1. The molecule has 0 aliphatic heterocycles. The van der Waals surface area contributed by atoms with Gasteiger partial charge < -0.3 is 18.9 Å². The minimum atomic E-state index is -4.35. The molecule has 26 heavy (non-hydrogen) atoms. The van der Waals surface area contributed by atoms with Crippen LogP contribution in [0.5, 0.6) is 0 Å². The molecule has 2 aromatic rings. The highest BCUT2D eigenvalue weighted by molar-refractivity contribution is 7.56. The molecule has 0 spiro atoms. The van der Waals surface area contributed by atoms with Gasteiger partial charge in [-0.15, -0.1) is 0 Å². The van der Waals surface area contributed by atoms with E-state index in [-0.39, 0.29) is 5.56 Å². The highest BCUT2D eigenvalue weighted by atomic mass is 31.2. The molecule has 0 heterocycles. The topological polar surface area (TPSA) is 82.1 Å². The summed E-state index contributed by atoms with van der Waals surface area (Å²) in [4.78, 5) is 12.6. The number of ether oxygens (including phenoxy) is 1. The summed E-state index contributed by atoms with van der Waals surface area (Å²) in [6.45, 7) is 6.59. The molecule has 1 atom stereocenters. The van der Waals surface area contributed by atoms with E-state index >= 15 is 0 Å². The monoisotopic (exact) mass is 380 g/mol. The SMILES string of the molecule is COC(=O)C(O)(c1ccc2ccccc2c1)P(=O)(OC(C)C)OC(C)C. The number of carbonyl (C=O) groups excluding carboxylic acids is 1. The summed E-state index contributed by atoms with van der Waals surface area (Å²) in [5.41, 5.74) is 0.0904. The number of aliphatic hydroxyl groups is 1. The first-order valence-corrected chi connectivity index (χ1v) is 9.95. The minimum Gasteiger partial charge on any atom is -0.466 e. The fraction of sp³-hybridized carbons (Fsp3) is 0.421. The van der Waals surface area contributed by atoms with Gasteiger partial charge in [-0.3, -0.25) is 4.57 Å². The first-order chi connectivity index (χ1) is 12.1. The van der Waals surface area contributed by atoms with Gasteiger partial charge in [0.1, 0.15) is 0 Å². The van der Waals surface area contributed by atoms with Crippen LogP contribution in [-0.2, 0) is 28.5 Å². The lowest BCUT2D eigenvalue weighted by Gasteiger charge is -2.34. The molecule has 1 unspecified atom stereocenters. The van der Waals surface area contributed by atoms with Crippen LogP contribution in [0.4, 0.5) is 0 Å². The molecule has 0 aromatic heterocycles. The van der Waals surface area contributed by atoms with Gasteiger partial charge in [-0.2, -0.15) is 0 Å². The third kappa shape index (κ3) is 3.84.